The maximum absolute atomic E-state index is 14.2. The number of phenolic OH excluding ortho intramolecular Hbond substituents is 1. The normalized spacial score (nSPS) is 13.3. The SMILES string of the molecule is CCc1cc(O)c(F)cc1-c1ccc2c(-c3nc4c([nH]3)CN(C(=O)c3cnc(NCCS(C)(=O)=O)cn3)CC4)n[nH]c2c1. The van der Waals surface area contributed by atoms with Crippen LogP contribution in [-0.4, -0.2) is 79.6 Å². The van der Waals surface area contributed by atoms with Gasteiger partial charge in [0.05, 0.1) is 41.6 Å². The zero-order chi connectivity index (χ0) is 30.3. The summed E-state index contributed by atoms with van der Waals surface area (Å²) in [5.41, 5.74) is 5.57. The standard InChI is InChI=1S/C29H29FN8O4S/c1-3-16-11-25(39)20(30)12-19(16)17-4-5-18-22(10-17)36-37-27(18)28-34-21-6-8-38(15-24(21)35-28)29(40)23-13-33-26(14-32-23)31-7-9-43(2,41)42/h4-5,10-14,39H,3,6-9,15H2,1-2H3,(H,31,33)(H,34,35)(H,36,37). The van der Waals surface area contributed by atoms with E-state index in [1.807, 2.05) is 25.1 Å². The molecule has 14 heteroatoms. The predicted octanol–water partition coefficient (Wildman–Crippen LogP) is 3.47. The number of fused-ring (bicyclic) bond motifs is 2. The van der Waals surface area contributed by atoms with Gasteiger partial charge in [0.15, 0.2) is 17.4 Å². The van der Waals surface area contributed by atoms with Gasteiger partial charge in [-0.15, -0.1) is 0 Å². The molecule has 0 fully saturated rings. The fourth-order valence-electron chi connectivity index (χ4n) is 5.17. The first-order valence-electron chi connectivity index (χ1n) is 13.7. The molecule has 0 saturated carbocycles. The molecule has 0 unspecified atom stereocenters. The van der Waals surface area contributed by atoms with Gasteiger partial charge in [0.2, 0.25) is 0 Å². The summed E-state index contributed by atoms with van der Waals surface area (Å²) in [7, 11) is -3.10. The van der Waals surface area contributed by atoms with Crippen LogP contribution >= 0.6 is 0 Å². The molecule has 0 spiro atoms. The Morgan fingerprint density at radius 2 is 2.02 bits per heavy atom. The Labute approximate surface area is 246 Å². The lowest BCUT2D eigenvalue weighted by molar-refractivity contribution is 0.0725. The summed E-state index contributed by atoms with van der Waals surface area (Å²) in [4.78, 5) is 31.3. The zero-order valence-electron chi connectivity index (χ0n) is 23.5. The number of sulfone groups is 1. The number of anilines is 1. The number of phenols is 1. The molecule has 43 heavy (non-hydrogen) atoms. The number of hydrogen-bond donors (Lipinski definition) is 4. The van der Waals surface area contributed by atoms with E-state index in [0.717, 1.165) is 39.7 Å². The van der Waals surface area contributed by atoms with Crippen molar-refractivity contribution in [2.24, 2.45) is 0 Å². The number of aryl methyl sites for hydroxylation is 1. The average Bonchev–Trinajstić information content (AvgIpc) is 3.61. The van der Waals surface area contributed by atoms with Gasteiger partial charge in [-0.3, -0.25) is 9.89 Å². The van der Waals surface area contributed by atoms with Crippen molar-refractivity contribution in [3.05, 3.63) is 71.2 Å². The number of rotatable bonds is 8. The molecule has 5 aromatic rings. The van der Waals surface area contributed by atoms with Crippen LogP contribution in [0.25, 0.3) is 33.5 Å². The minimum Gasteiger partial charge on any atom is -0.505 e. The third-order valence-electron chi connectivity index (χ3n) is 7.42. The molecule has 0 radical (unpaired) electrons. The van der Waals surface area contributed by atoms with E-state index in [4.69, 9.17) is 4.98 Å². The van der Waals surface area contributed by atoms with Gasteiger partial charge in [-0.1, -0.05) is 13.0 Å². The fraction of sp³-hybridized carbons (Fsp3) is 0.276. The van der Waals surface area contributed by atoms with Crippen LogP contribution in [0.2, 0.25) is 0 Å². The summed E-state index contributed by atoms with van der Waals surface area (Å²) in [6, 6.07) is 8.50. The Hall–Kier alpha value is -4.85. The Balaban J connectivity index is 1.18. The lowest BCUT2D eigenvalue weighted by Crippen LogP contribution is -2.36. The van der Waals surface area contributed by atoms with Gasteiger partial charge in [0.1, 0.15) is 27.0 Å². The second-order valence-electron chi connectivity index (χ2n) is 10.5. The molecule has 2 aromatic carbocycles. The molecule has 1 aliphatic rings. The highest BCUT2D eigenvalue weighted by molar-refractivity contribution is 7.90. The van der Waals surface area contributed by atoms with Crippen molar-refractivity contribution in [1.82, 2.24) is 35.0 Å². The quantitative estimate of drug-likeness (QED) is 0.207. The number of amides is 1. The van der Waals surface area contributed by atoms with Gasteiger partial charge in [-0.2, -0.15) is 5.10 Å². The van der Waals surface area contributed by atoms with Crippen LogP contribution in [0.5, 0.6) is 5.75 Å². The van der Waals surface area contributed by atoms with E-state index < -0.39 is 15.7 Å². The highest BCUT2D eigenvalue weighted by Gasteiger charge is 2.27. The first-order chi connectivity index (χ1) is 20.6. The topological polar surface area (TPSA) is 170 Å². The molecular weight excluding hydrogens is 575 g/mol. The number of nitrogens with one attached hydrogen (secondary N) is 3. The van der Waals surface area contributed by atoms with Crippen molar-refractivity contribution in [3.8, 4) is 28.4 Å². The van der Waals surface area contributed by atoms with E-state index in [2.05, 4.69) is 30.5 Å². The van der Waals surface area contributed by atoms with Gasteiger partial charge in [0.25, 0.3) is 5.91 Å². The minimum atomic E-state index is -3.10. The molecule has 6 rings (SSSR count). The molecular formula is C29H29FN8O4S. The van der Waals surface area contributed by atoms with Crippen LogP contribution in [0, 0.1) is 5.82 Å². The maximum Gasteiger partial charge on any atom is 0.274 e. The minimum absolute atomic E-state index is 0.0341. The summed E-state index contributed by atoms with van der Waals surface area (Å²) < 4.78 is 36.8. The predicted molar refractivity (Wildman–Crippen MR) is 159 cm³/mol. The first kappa shape index (κ1) is 28.3. The van der Waals surface area contributed by atoms with E-state index in [-0.39, 0.29) is 29.6 Å². The lowest BCUT2D eigenvalue weighted by atomic mass is 9.96. The van der Waals surface area contributed by atoms with E-state index in [9.17, 15) is 22.7 Å². The Morgan fingerprint density at radius 1 is 1.19 bits per heavy atom. The van der Waals surface area contributed by atoms with Crippen molar-refractivity contribution in [2.45, 2.75) is 26.3 Å². The number of halogens is 1. The van der Waals surface area contributed by atoms with Crippen LogP contribution in [0.1, 0.15) is 34.4 Å². The van der Waals surface area contributed by atoms with Crippen LogP contribution in [0.4, 0.5) is 10.2 Å². The van der Waals surface area contributed by atoms with Crippen molar-refractivity contribution in [2.75, 3.05) is 30.4 Å². The van der Waals surface area contributed by atoms with Crippen LogP contribution in [-0.2, 0) is 29.2 Å². The molecule has 4 heterocycles. The van der Waals surface area contributed by atoms with E-state index in [1.165, 1.54) is 24.5 Å². The third-order valence-corrected chi connectivity index (χ3v) is 8.37. The molecule has 0 atom stereocenters. The van der Waals surface area contributed by atoms with Crippen molar-refractivity contribution >= 4 is 32.5 Å². The Kier molecular flexibility index (Phi) is 7.30. The van der Waals surface area contributed by atoms with E-state index >= 15 is 0 Å². The molecule has 4 N–H and O–H groups in total. The number of aromatic hydroxyl groups is 1. The summed E-state index contributed by atoms with van der Waals surface area (Å²) in [6.07, 6.45) is 5.13. The molecule has 12 nitrogen and oxygen atoms in total. The summed E-state index contributed by atoms with van der Waals surface area (Å²) in [5, 5.41) is 21.0. The van der Waals surface area contributed by atoms with Crippen LogP contribution in [0.15, 0.2) is 42.7 Å². The highest BCUT2D eigenvalue weighted by atomic mass is 32.2. The summed E-state index contributed by atoms with van der Waals surface area (Å²) in [6.45, 7) is 2.92. The highest BCUT2D eigenvalue weighted by Crippen LogP contribution is 2.34. The number of aromatic nitrogens is 6. The van der Waals surface area contributed by atoms with Gasteiger partial charge in [-0.25, -0.2) is 27.8 Å². The summed E-state index contributed by atoms with van der Waals surface area (Å²) >= 11 is 0. The van der Waals surface area contributed by atoms with Crippen molar-refractivity contribution < 1.29 is 22.7 Å². The Morgan fingerprint density at radius 3 is 2.77 bits per heavy atom. The first-order valence-corrected chi connectivity index (χ1v) is 15.8. The summed E-state index contributed by atoms with van der Waals surface area (Å²) in [5.74, 6) is -0.379. The number of benzene rings is 2. The second kappa shape index (κ2) is 11.1. The number of H-pyrrole nitrogens is 2. The van der Waals surface area contributed by atoms with Crippen molar-refractivity contribution in [1.29, 1.82) is 0 Å². The largest absolute Gasteiger partial charge is 0.505 e. The lowest BCUT2D eigenvalue weighted by Gasteiger charge is -2.25. The molecule has 0 saturated heterocycles. The second-order valence-corrected chi connectivity index (χ2v) is 12.7. The molecule has 1 amide bonds. The number of nitrogens with zero attached hydrogens (tertiary/aromatic N) is 5. The van der Waals surface area contributed by atoms with Gasteiger partial charge < -0.3 is 20.3 Å². The monoisotopic (exact) mass is 604 g/mol. The number of imidazole rings is 1. The van der Waals surface area contributed by atoms with Gasteiger partial charge in [0, 0.05) is 31.2 Å². The van der Waals surface area contributed by atoms with Gasteiger partial charge >= 0.3 is 0 Å². The van der Waals surface area contributed by atoms with Gasteiger partial charge in [-0.05, 0) is 47.4 Å². The van der Waals surface area contributed by atoms with Crippen LogP contribution in [0.3, 0.4) is 0 Å². The molecule has 0 bridgehead atoms. The number of carbonyl (C=O) groups is 1. The molecule has 222 valence electrons. The fourth-order valence-corrected chi connectivity index (χ4v) is 5.64. The van der Waals surface area contributed by atoms with E-state index in [1.54, 1.807) is 4.90 Å². The average molecular weight is 605 g/mol. The molecule has 1 aliphatic heterocycles. The van der Waals surface area contributed by atoms with Crippen molar-refractivity contribution in [3.63, 3.8) is 0 Å². The van der Waals surface area contributed by atoms with Crippen LogP contribution < -0.4 is 5.32 Å². The maximum atomic E-state index is 14.2. The number of aromatic amines is 2. The van der Waals surface area contributed by atoms with E-state index in [0.29, 0.717) is 48.8 Å². The molecule has 3 aromatic heterocycles. The smallest absolute Gasteiger partial charge is 0.274 e. The Bertz CT molecular complexity index is 1950. The molecule has 0 aliphatic carbocycles. The number of carbonyl (C=O) groups excluding carboxylic acids is 1. The third kappa shape index (κ3) is 5.78. The zero-order valence-corrected chi connectivity index (χ0v) is 24.3. The number of hydrogen-bond acceptors (Lipinski definition) is 9.